The summed E-state index contributed by atoms with van der Waals surface area (Å²) in [5.74, 6) is 1.29. The molecule has 0 spiro atoms. The second-order valence-corrected chi connectivity index (χ2v) is 5.47. The van der Waals surface area contributed by atoms with Gasteiger partial charge in [-0.2, -0.15) is 0 Å². The van der Waals surface area contributed by atoms with Crippen molar-refractivity contribution >= 4 is 17.5 Å². The van der Waals surface area contributed by atoms with Crippen LogP contribution in [-0.4, -0.2) is 19.1 Å². The molecular formula is C17H16ClNO3. The Kier molecular flexibility index (Phi) is 4.49. The van der Waals surface area contributed by atoms with Crippen LogP contribution in [0.25, 0.3) is 0 Å². The van der Waals surface area contributed by atoms with Crippen LogP contribution >= 0.6 is 11.6 Å². The lowest BCUT2D eigenvalue weighted by atomic mass is 10.0. The number of benzene rings is 2. The second-order valence-electron chi connectivity index (χ2n) is 5.04. The minimum absolute atomic E-state index is 0.0266. The summed E-state index contributed by atoms with van der Waals surface area (Å²) in [7, 11) is 0. The van der Waals surface area contributed by atoms with Gasteiger partial charge in [0.25, 0.3) is 5.91 Å². The molecule has 3 rings (SSSR count). The van der Waals surface area contributed by atoms with E-state index in [1.165, 1.54) is 0 Å². The zero-order chi connectivity index (χ0) is 15.4. The van der Waals surface area contributed by atoms with Gasteiger partial charge >= 0.3 is 0 Å². The van der Waals surface area contributed by atoms with Crippen molar-refractivity contribution in [2.24, 2.45) is 0 Å². The van der Waals surface area contributed by atoms with Gasteiger partial charge in [0.1, 0.15) is 11.5 Å². The monoisotopic (exact) mass is 317 g/mol. The van der Waals surface area contributed by atoms with Gasteiger partial charge in [0.15, 0.2) is 6.61 Å². The maximum atomic E-state index is 12.1. The van der Waals surface area contributed by atoms with Gasteiger partial charge in [0, 0.05) is 17.0 Å². The molecule has 1 atom stereocenters. The summed E-state index contributed by atoms with van der Waals surface area (Å²) in [6.45, 7) is 0.571. The third-order valence-corrected chi connectivity index (χ3v) is 3.73. The molecule has 1 aliphatic rings. The van der Waals surface area contributed by atoms with Gasteiger partial charge in [-0.15, -0.1) is 0 Å². The lowest BCUT2D eigenvalue weighted by Gasteiger charge is -2.26. The predicted molar refractivity (Wildman–Crippen MR) is 84.4 cm³/mol. The fourth-order valence-electron chi connectivity index (χ4n) is 2.41. The summed E-state index contributed by atoms with van der Waals surface area (Å²) in [4.78, 5) is 12.1. The Morgan fingerprint density at radius 3 is 2.82 bits per heavy atom. The van der Waals surface area contributed by atoms with E-state index < -0.39 is 0 Å². The first kappa shape index (κ1) is 14.7. The average Bonchev–Trinajstić information content (AvgIpc) is 2.55. The Morgan fingerprint density at radius 2 is 2.00 bits per heavy atom. The number of ether oxygens (including phenoxy) is 2. The fourth-order valence-corrected chi connectivity index (χ4v) is 2.53. The molecule has 0 unspecified atom stereocenters. The van der Waals surface area contributed by atoms with Gasteiger partial charge in [-0.3, -0.25) is 4.79 Å². The molecule has 0 radical (unpaired) electrons. The summed E-state index contributed by atoms with van der Waals surface area (Å²) >= 11 is 5.80. The van der Waals surface area contributed by atoms with E-state index in [-0.39, 0.29) is 18.6 Å². The highest BCUT2D eigenvalue weighted by atomic mass is 35.5. The third-order valence-electron chi connectivity index (χ3n) is 3.48. The molecule has 22 heavy (non-hydrogen) atoms. The van der Waals surface area contributed by atoms with Crippen LogP contribution < -0.4 is 14.8 Å². The van der Waals surface area contributed by atoms with E-state index in [9.17, 15) is 4.79 Å². The number of carbonyl (C=O) groups is 1. The van der Waals surface area contributed by atoms with Crippen LogP contribution in [0.2, 0.25) is 5.02 Å². The van der Waals surface area contributed by atoms with Crippen LogP contribution in [0.4, 0.5) is 0 Å². The first-order chi connectivity index (χ1) is 10.7. The van der Waals surface area contributed by atoms with Crippen LogP contribution in [0.5, 0.6) is 11.5 Å². The Hall–Kier alpha value is -2.20. The van der Waals surface area contributed by atoms with Crippen LogP contribution in [0.1, 0.15) is 18.0 Å². The van der Waals surface area contributed by atoms with Gasteiger partial charge < -0.3 is 14.8 Å². The number of amides is 1. The van der Waals surface area contributed by atoms with Crippen molar-refractivity contribution in [2.45, 2.75) is 12.5 Å². The van der Waals surface area contributed by atoms with Gasteiger partial charge in [0.2, 0.25) is 0 Å². The van der Waals surface area contributed by atoms with Crippen LogP contribution in [0, 0.1) is 0 Å². The quantitative estimate of drug-likeness (QED) is 0.940. The average molecular weight is 318 g/mol. The smallest absolute Gasteiger partial charge is 0.258 e. The first-order valence-electron chi connectivity index (χ1n) is 7.12. The number of hydrogen-bond acceptors (Lipinski definition) is 3. The fraction of sp³-hybridized carbons (Fsp3) is 0.235. The van der Waals surface area contributed by atoms with Gasteiger partial charge in [-0.25, -0.2) is 0 Å². The second kappa shape index (κ2) is 6.71. The van der Waals surface area contributed by atoms with Crippen molar-refractivity contribution in [3.05, 3.63) is 59.1 Å². The summed E-state index contributed by atoms with van der Waals surface area (Å²) in [6, 6.07) is 14.6. The van der Waals surface area contributed by atoms with E-state index in [2.05, 4.69) is 5.32 Å². The Bertz CT molecular complexity index is 657. The van der Waals surface area contributed by atoms with Gasteiger partial charge in [0.05, 0.1) is 12.6 Å². The molecule has 5 heteroatoms. The molecule has 0 aromatic heterocycles. The maximum absolute atomic E-state index is 12.1. The Balaban J connectivity index is 1.57. The normalized spacial score (nSPS) is 16.3. The molecule has 0 aliphatic carbocycles. The minimum Gasteiger partial charge on any atom is -0.493 e. The van der Waals surface area contributed by atoms with E-state index in [0.717, 1.165) is 17.7 Å². The number of hydrogen-bond donors (Lipinski definition) is 1. The van der Waals surface area contributed by atoms with E-state index >= 15 is 0 Å². The summed E-state index contributed by atoms with van der Waals surface area (Å²) in [5, 5.41) is 3.62. The SMILES string of the molecule is O=C(COc1ccc(Cl)cc1)N[C@H]1CCOc2ccccc21. The lowest BCUT2D eigenvalue weighted by molar-refractivity contribution is -0.124. The number of rotatable bonds is 4. The highest BCUT2D eigenvalue weighted by Crippen LogP contribution is 2.31. The van der Waals surface area contributed by atoms with Crippen molar-refractivity contribution in [1.29, 1.82) is 0 Å². The van der Waals surface area contributed by atoms with Gasteiger partial charge in [-0.1, -0.05) is 29.8 Å². The van der Waals surface area contributed by atoms with Crippen molar-refractivity contribution in [3.63, 3.8) is 0 Å². The van der Waals surface area contributed by atoms with Crippen LogP contribution in [-0.2, 0) is 4.79 Å². The van der Waals surface area contributed by atoms with Crippen molar-refractivity contribution in [3.8, 4) is 11.5 Å². The molecule has 1 N–H and O–H groups in total. The molecular weight excluding hydrogens is 302 g/mol. The maximum Gasteiger partial charge on any atom is 0.258 e. The molecule has 4 nitrogen and oxygen atoms in total. The molecule has 2 aromatic rings. The van der Waals surface area contributed by atoms with Crippen molar-refractivity contribution in [1.82, 2.24) is 5.32 Å². The van der Waals surface area contributed by atoms with E-state index in [1.807, 2.05) is 24.3 Å². The van der Waals surface area contributed by atoms with Crippen molar-refractivity contribution < 1.29 is 14.3 Å². The summed E-state index contributed by atoms with van der Waals surface area (Å²) in [6.07, 6.45) is 0.754. The number of fused-ring (bicyclic) bond motifs is 1. The zero-order valence-electron chi connectivity index (χ0n) is 11.9. The predicted octanol–water partition coefficient (Wildman–Crippen LogP) is 3.36. The largest absolute Gasteiger partial charge is 0.493 e. The zero-order valence-corrected chi connectivity index (χ0v) is 12.7. The molecule has 0 saturated carbocycles. The molecule has 0 bridgehead atoms. The number of halogens is 1. The third kappa shape index (κ3) is 3.52. The lowest BCUT2D eigenvalue weighted by Crippen LogP contribution is -2.35. The molecule has 2 aromatic carbocycles. The van der Waals surface area contributed by atoms with Crippen LogP contribution in [0.3, 0.4) is 0 Å². The summed E-state index contributed by atoms with van der Waals surface area (Å²) < 4.78 is 11.0. The molecule has 0 saturated heterocycles. The van der Waals surface area contributed by atoms with Crippen molar-refractivity contribution in [2.75, 3.05) is 13.2 Å². The number of nitrogens with one attached hydrogen (secondary N) is 1. The minimum atomic E-state index is -0.156. The van der Waals surface area contributed by atoms with E-state index in [1.54, 1.807) is 24.3 Å². The Morgan fingerprint density at radius 1 is 1.23 bits per heavy atom. The standard InChI is InChI=1S/C17H16ClNO3/c18-12-5-7-13(8-6-12)22-11-17(20)19-15-9-10-21-16-4-2-1-3-14(15)16/h1-8,15H,9-11H2,(H,19,20)/t15-/m0/s1. The molecule has 0 fully saturated rings. The molecule has 114 valence electrons. The summed E-state index contributed by atoms with van der Waals surface area (Å²) in [5.41, 5.74) is 1.01. The molecule has 1 heterocycles. The van der Waals surface area contributed by atoms with Crippen LogP contribution in [0.15, 0.2) is 48.5 Å². The highest BCUT2D eigenvalue weighted by molar-refractivity contribution is 6.30. The Labute approximate surface area is 134 Å². The van der Waals surface area contributed by atoms with E-state index in [4.69, 9.17) is 21.1 Å². The number of para-hydroxylation sites is 1. The highest BCUT2D eigenvalue weighted by Gasteiger charge is 2.22. The van der Waals surface area contributed by atoms with E-state index in [0.29, 0.717) is 17.4 Å². The first-order valence-corrected chi connectivity index (χ1v) is 7.49. The molecule has 1 aliphatic heterocycles. The topological polar surface area (TPSA) is 47.6 Å². The molecule has 1 amide bonds. The number of carbonyl (C=O) groups excluding carboxylic acids is 1. The van der Waals surface area contributed by atoms with Gasteiger partial charge in [-0.05, 0) is 30.3 Å².